The van der Waals surface area contributed by atoms with Gasteiger partial charge in [-0.3, -0.25) is 0 Å². The Balaban J connectivity index is 1.20. The van der Waals surface area contributed by atoms with Gasteiger partial charge in [-0.2, -0.15) is 0 Å². The van der Waals surface area contributed by atoms with Gasteiger partial charge in [0.2, 0.25) is 0 Å². The van der Waals surface area contributed by atoms with Crippen LogP contribution in [-0.2, 0) is 10.3 Å². The number of benzene rings is 1. The molecule has 1 saturated heterocycles. The summed E-state index contributed by atoms with van der Waals surface area (Å²) in [5, 5.41) is 12.3. The molecule has 0 radical (unpaired) electrons. The predicted octanol–water partition coefficient (Wildman–Crippen LogP) is 8.13. The first kappa shape index (κ1) is 24.5. The highest BCUT2D eigenvalue weighted by molar-refractivity contribution is 5.34. The lowest BCUT2D eigenvalue weighted by molar-refractivity contribution is -0.206. The van der Waals surface area contributed by atoms with Gasteiger partial charge in [0.1, 0.15) is 5.60 Å². The quantitative estimate of drug-likeness (QED) is 0.419. The van der Waals surface area contributed by atoms with Gasteiger partial charge in [-0.1, -0.05) is 84.2 Å². The van der Waals surface area contributed by atoms with Crippen LogP contribution in [0, 0.1) is 46.3 Å². The van der Waals surface area contributed by atoms with Crippen LogP contribution in [0.2, 0.25) is 0 Å². The largest absolute Gasteiger partial charge is 0.389 e. The molecular weight excluding hydrogens is 428 g/mol. The Labute approximate surface area is 214 Å². The summed E-state index contributed by atoms with van der Waals surface area (Å²) >= 11 is 0. The van der Waals surface area contributed by atoms with Gasteiger partial charge in [0, 0.05) is 11.8 Å². The number of fused-ring (bicyclic) bond motifs is 6. The fourth-order valence-electron chi connectivity index (χ4n) is 10.7. The molecule has 1 aromatic rings. The van der Waals surface area contributed by atoms with Crippen molar-refractivity contribution < 1.29 is 9.84 Å². The summed E-state index contributed by atoms with van der Waals surface area (Å²) in [6.45, 7) is 12.4. The van der Waals surface area contributed by atoms with Gasteiger partial charge in [0.05, 0.1) is 11.7 Å². The first-order chi connectivity index (χ1) is 16.6. The molecule has 2 nitrogen and oxygen atoms in total. The lowest BCUT2D eigenvalue weighted by Gasteiger charge is -2.63. The minimum Gasteiger partial charge on any atom is -0.389 e. The summed E-state index contributed by atoms with van der Waals surface area (Å²) in [4.78, 5) is 0. The van der Waals surface area contributed by atoms with Crippen molar-refractivity contribution in [2.75, 3.05) is 0 Å². The van der Waals surface area contributed by atoms with Crippen LogP contribution >= 0.6 is 0 Å². The molecule has 1 aliphatic heterocycles. The molecule has 5 fully saturated rings. The average molecular weight is 479 g/mol. The van der Waals surface area contributed by atoms with E-state index in [1.54, 1.807) is 0 Å². The minimum atomic E-state index is -0.590. The second-order valence-corrected chi connectivity index (χ2v) is 14.6. The van der Waals surface area contributed by atoms with E-state index in [0.29, 0.717) is 17.4 Å². The van der Waals surface area contributed by atoms with Crippen LogP contribution < -0.4 is 0 Å². The third-order valence-corrected chi connectivity index (χ3v) is 12.7. The van der Waals surface area contributed by atoms with Gasteiger partial charge in [-0.25, -0.2) is 0 Å². The Bertz CT molecular complexity index is 926. The van der Waals surface area contributed by atoms with Crippen molar-refractivity contribution in [3.05, 3.63) is 35.9 Å². The molecule has 6 rings (SSSR count). The molecule has 5 aliphatic rings. The highest BCUT2D eigenvalue weighted by Gasteiger charge is 2.74. The van der Waals surface area contributed by atoms with Crippen molar-refractivity contribution in [2.24, 2.45) is 46.3 Å². The Morgan fingerprint density at radius 2 is 1.71 bits per heavy atom. The second-order valence-electron chi connectivity index (χ2n) is 14.6. The van der Waals surface area contributed by atoms with E-state index in [0.717, 1.165) is 48.9 Å². The Kier molecular flexibility index (Phi) is 5.82. The van der Waals surface area contributed by atoms with Gasteiger partial charge in [0.15, 0.2) is 0 Å². The summed E-state index contributed by atoms with van der Waals surface area (Å²) in [5.41, 5.74) is 0.979. The van der Waals surface area contributed by atoms with Crippen molar-refractivity contribution in [1.29, 1.82) is 0 Å². The predicted molar refractivity (Wildman–Crippen MR) is 143 cm³/mol. The van der Waals surface area contributed by atoms with Gasteiger partial charge in [-0.15, -0.1) is 0 Å². The summed E-state index contributed by atoms with van der Waals surface area (Å²) in [7, 11) is 0. The van der Waals surface area contributed by atoms with Gasteiger partial charge in [0.25, 0.3) is 0 Å². The van der Waals surface area contributed by atoms with Crippen LogP contribution in [0.5, 0.6) is 0 Å². The maximum absolute atomic E-state index is 12.3. The van der Waals surface area contributed by atoms with E-state index >= 15 is 0 Å². The van der Waals surface area contributed by atoms with Crippen molar-refractivity contribution in [1.82, 2.24) is 0 Å². The van der Waals surface area contributed by atoms with Gasteiger partial charge < -0.3 is 9.84 Å². The van der Waals surface area contributed by atoms with Crippen molar-refractivity contribution in [3.63, 3.8) is 0 Å². The van der Waals surface area contributed by atoms with E-state index < -0.39 is 5.60 Å². The minimum absolute atomic E-state index is 0.00232. The maximum atomic E-state index is 12.3. The van der Waals surface area contributed by atoms with Crippen molar-refractivity contribution in [2.45, 2.75) is 123 Å². The van der Waals surface area contributed by atoms with Crippen LogP contribution in [0.3, 0.4) is 0 Å². The Hall–Kier alpha value is -0.860. The molecule has 2 heteroatoms. The summed E-state index contributed by atoms with van der Waals surface area (Å²) in [6, 6.07) is 10.8. The highest BCUT2D eigenvalue weighted by Crippen LogP contribution is 2.73. The van der Waals surface area contributed by atoms with E-state index in [9.17, 15) is 5.11 Å². The van der Waals surface area contributed by atoms with Crippen LogP contribution in [0.15, 0.2) is 30.3 Å². The lowest BCUT2D eigenvalue weighted by atomic mass is 9.42. The van der Waals surface area contributed by atoms with Crippen molar-refractivity contribution >= 4 is 0 Å². The Morgan fingerprint density at radius 1 is 0.943 bits per heavy atom. The number of hydrogen-bond acceptors (Lipinski definition) is 2. The fourth-order valence-corrected chi connectivity index (χ4v) is 10.7. The van der Waals surface area contributed by atoms with Crippen LogP contribution in [-0.4, -0.2) is 16.8 Å². The molecular formula is C33H50O2. The summed E-state index contributed by atoms with van der Waals surface area (Å²) in [6.07, 6.45) is 14.1. The third kappa shape index (κ3) is 3.55. The van der Waals surface area contributed by atoms with Crippen LogP contribution in [0.4, 0.5) is 0 Å². The molecule has 10 atom stereocenters. The molecule has 1 aromatic carbocycles. The molecule has 0 aromatic heterocycles. The van der Waals surface area contributed by atoms with E-state index in [4.69, 9.17) is 4.74 Å². The van der Waals surface area contributed by atoms with E-state index in [2.05, 4.69) is 65.0 Å². The summed E-state index contributed by atoms with van der Waals surface area (Å²) < 4.78 is 6.50. The molecule has 194 valence electrons. The van der Waals surface area contributed by atoms with E-state index in [1.807, 2.05) is 0 Å². The average Bonchev–Trinajstić information content (AvgIpc) is 3.39. The third-order valence-electron chi connectivity index (χ3n) is 12.7. The second kappa shape index (κ2) is 8.32. The molecule has 4 aliphatic carbocycles. The first-order valence-electron chi connectivity index (χ1n) is 15.1. The monoisotopic (exact) mass is 478 g/mol. The maximum Gasteiger partial charge on any atom is 0.122 e. The van der Waals surface area contributed by atoms with E-state index in [-0.39, 0.29) is 11.0 Å². The van der Waals surface area contributed by atoms with Crippen LogP contribution in [0.25, 0.3) is 0 Å². The van der Waals surface area contributed by atoms with Gasteiger partial charge in [-0.05, 0) is 91.4 Å². The summed E-state index contributed by atoms with van der Waals surface area (Å²) in [5.74, 6) is 4.91. The van der Waals surface area contributed by atoms with Crippen molar-refractivity contribution in [3.8, 4) is 0 Å². The highest BCUT2D eigenvalue weighted by atomic mass is 16.6. The molecule has 4 saturated carbocycles. The van der Waals surface area contributed by atoms with Gasteiger partial charge >= 0.3 is 0 Å². The Morgan fingerprint density at radius 3 is 2.46 bits per heavy atom. The van der Waals surface area contributed by atoms with Crippen LogP contribution in [0.1, 0.15) is 111 Å². The fraction of sp³-hybridized carbons (Fsp3) is 0.818. The molecule has 35 heavy (non-hydrogen) atoms. The smallest absolute Gasteiger partial charge is 0.122 e. The molecule has 0 unspecified atom stereocenters. The topological polar surface area (TPSA) is 32.8 Å². The standard InChI is InChI=1S/C33H50O2/c1-22(2)10-9-11-23(3)26-14-15-27-25-16-19-32(34)21-33(24-12-7-6-8-13-24)29(35-33)20-31(32,5)28(25)17-18-30(26,27)4/h6-8,12-13,22-23,25-29,34H,9-11,14-21H2,1-5H3/t23-,25+,26-,27+,28+,29-,30-,31-,32-,33-/m1/s1. The molecule has 0 bridgehead atoms. The zero-order valence-corrected chi connectivity index (χ0v) is 23.1. The molecule has 1 heterocycles. The number of hydrogen-bond donors (Lipinski definition) is 1. The van der Waals surface area contributed by atoms with E-state index in [1.165, 1.54) is 56.9 Å². The lowest BCUT2D eigenvalue weighted by Crippen LogP contribution is -2.63. The number of epoxide rings is 1. The number of ether oxygens (including phenoxy) is 1. The SMILES string of the molecule is CC(C)CCC[C@@H](C)[C@H]1CC[C@H]2[C@@H]3CC[C@@]4(O)C[C@]5(c6ccccc6)O[C@@H]5C[C@]4(C)[C@H]3CC[C@]12C. The zero-order chi connectivity index (χ0) is 24.6. The zero-order valence-electron chi connectivity index (χ0n) is 23.1. The molecule has 1 N–H and O–H groups in total. The number of rotatable bonds is 6. The first-order valence-corrected chi connectivity index (χ1v) is 15.1. The molecule has 0 amide bonds. The molecule has 0 spiro atoms. The normalized spacial score (nSPS) is 49.1. The number of aliphatic hydroxyl groups is 1.